The van der Waals surface area contributed by atoms with Gasteiger partial charge in [0, 0.05) is 13.1 Å². The molecule has 174 valence electrons. The van der Waals surface area contributed by atoms with Crippen LogP contribution in [0, 0.1) is 5.92 Å². The summed E-state index contributed by atoms with van der Waals surface area (Å²) in [6, 6.07) is -3.70. The molecule has 0 radical (unpaired) electrons. The van der Waals surface area contributed by atoms with Crippen molar-refractivity contribution >= 4 is 29.6 Å². The highest BCUT2D eigenvalue weighted by atomic mass is 16.4. The third-order valence-electron chi connectivity index (χ3n) is 5.72. The maximum Gasteiger partial charge on any atom is 0.326 e. The number of carbonyl (C=O) groups is 5. The summed E-state index contributed by atoms with van der Waals surface area (Å²) >= 11 is 0. The number of amides is 4. The number of nitrogens with zero attached hydrogens (tertiary/aromatic N) is 2. The van der Waals surface area contributed by atoms with Crippen LogP contribution in [-0.4, -0.2) is 81.8 Å². The molecule has 4 unspecified atom stereocenters. The number of carboxylic acid groups (broad SMARTS) is 1. The molecule has 11 nitrogen and oxygen atoms in total. The van der Waals surface area contributed by atoms with Gasteiger partial charge in [-0.2, -0.15) is 0 Å². The summed E-state index contributed by atoms with van der Waals surface area (Å²) in [5.74, 6) is -3.14. The molecule has 4 atom stereocenters. The number of hydrogen-bond donors (Lipinski definition) is 4. The van der Waals surface area contributed by atoms with Crippen LogP contribution in [0.2, 0.25) is 0 Å². The van der Waals surface area contributed by atoms with E-state index in [0.29, 0.717) is 45.2 Å². The van der Waals surface area contributed by atoms with Crippen LogP contribution in [0.1, 0.15) is 52.4 Å². The van der Waals surface area contributed by atoms with Crippen molar-refractivity contribution < 1.29 is 29.1 Å². The maximum atomic E-state index is 13.3. The predicted octanol–water partition coefficient (Wildman–Crippen LogP) is -1.21. The fraction of sp³-hybridized carbons (Fsp3) is 0.750. The molecular weight excluding hydrogens is 406 g/mol. The van der Waals surface area contributed by atoms with Crippen molar-refractivity contribution in [1.82, 2.24) is 15.1 Å². The highest BCUT2D eigenvalue weighted by Crippen LogP contribution is 2.26. The first-order chi connectivity index (χ1) is 14.5. The van der Waals surface area contributed by atoms with Crippen molar-refractivity contribution in [1.29, 1.82) is 0 Å². The van der Waals surface area contributed by atoms with Gasteiger partial charge in [-0.25, -0.2) is 4.79 Å². The molecule has 2 saturated heterocycles. The fourth-order valence-electron chi connectivity index (χ4n) is 4.25. The lowest BCUT2D eigenvalue weighted by molar-refractivity contribution is -0.152. The number of rotatable bonds is 9. The minimum absolute atomic E-state index is 0.0633. The molecule has 2 heterocycles. The molecule has 31 heavy (non-hydrogen) atoms. The molecule has 2 aliphatic heterocycles. The number of likely N-dealkylation sites (tertiary alicyclic amines) is 2. The predicted molar refractivity (Wildman–Crippen MR) is 110 cm³/mol. The van der Waals surface area contributed by atoms with E-state index >= 15 is 0 Å². The Kier molecular flexibility index (Phi) is 8.37. The Morgan fingerprint density at radius 3 is 2.16 bits per heavy atom. The molecule has 0 aromatic carbocycles. The molecule has 0 aliphatic carbocycles. The van der Waals surface area contributed by atoms with Crippen LogP contribution >= 0.6 is 0 Å². The number of nitrogens with two attached hydrogens (primary N) is 2. The van der Waals surface area contributed by atoms with Crippen molar-refractivity contribution in [3.8, 4) is 0 Å². The van der Waals surface area contributed by atoms with E-state index in [1.54, 1.807) is 0 Å². The highest BCUT2D eigenvalue weighted by molar-refractivity contribution is 5.95. The fourth-order valence-corrected chi connectivity index (χ4v) is 4.25. The Morgan fingerprint density at radius 2 is 1.61 bits per heavy atom. The van der Waals surface area contributed by atoms with Crippen LogP contribution in [0.15, 0.2) is 0 Å². The topological polar surface area (TPSA) is 176 Å². The van der Waals surface area contributed by atoms with Crippen molar-refractivity contribution in [3.05, 3.63) is 0 Å². The quantitative estimate of drug-likeness (QED) is 0.348. The molecule has 6 N–H and O–H groups in total. The number of primary amides is 1. The smallest absolute Gasteiger partial charge is 0.326 e. The molecule has 4 amide bonds. The summed E-state index contributed by atoms with van der Waals surface area (Å²) in [6.45, 7) is 4.48. The van der Waals surface area contributed by atoms with Crippen molar-refractivity contribution in [3.63, 3.8) is 0 Å². The van der Waals surface area contributed by atoms with Gasteiger partial charge in [-0.3, -0.25) is 19.2 Å². The van der Waals surface area contributed by atoms with Crippen LogP contribution in [0.5, 0.6) is 0 Å². The standard InChI is InChI=1S/C20H33N5O6/c1-11(2)9-13(23-17(27)12(21)10-16(22)26)18(28)24-7-3-5-14(24)19(29)25-8-4-6-15(25)20(30)31/h11-15H,3-10,21H2,1-2H3,(H2,22,26)(H,23,27)(H,30,31). The molecule has 0 spiro atoms. The Balaban J connectivity index is 2.15. The number of carbonyl (C=O) groups excluding carboxylic acids is 4. The first-order valence-electron chi connectivity index (χ1n) is 10.7. The van der Waals surface area contributed by atoms with Gasteiger partial charge in [0.25, 0.3) is 0 Å². The largest absolute Gasteiger partial charge is 0.480 e. The summed E-state index contributed by atoms with van der Waals surface area (Å²) in [4.78, 5) is 64.1. The molecule has 11 heteroatoms. The van der Waals surface area contributed by atoms with Gasteiger partial charge >= 0.3 is 5.97 Å². The third kappa shape index (κ3) is 6.16. The summed E-state index contributed by atoms with van der Waals surface area (Å²) in [5, 5.41) is 12.0. The van der Waals surface area contributed by atoms with Crippen molar-refractivity contribution in [2.45, 2.75) is 76.5 Å². The van der Waals surface area contributed by atoms with Crippen LogP contribution < -0.4 is 16.8 Å². The average molecular weight is 440 g/mol. The Bertz CT molecular complexity index is 727. The summed E-state index contributed by atoms with van der Waals surface area (Å²) in [5.41, 5.74) is 10.8. The SMILES string of the molecule is CC(C)CC(NC(=O)C(N)CC(N)=O)C(=O)N1CCCC1C(=O)N1CCCC1C(=O)O. The molecule has 2 rings (SSSR count). The van der Waals surface area contributed by atoms with Gasteiger partial charge in [0.2, 0.25) is 23.6 Å². The molecular formula is C20H33N5O6. The normalized spacial score (nSPS) is 23.0. The van der Waals surface area contributed by atoms with E-state index in [0.717, 1.165) is 0 Å². The number of aliphatic carboxylic acids is 1. The molecule has 0 aromatic rings. The van der Waals surface area contributed by atoms with Crippen LogP contribution in [0.3, 0.4) is 0 Å². The van der Waals surface area contributed by atoms with E-state index in [-0.39, 0.29) is 18.2 Å². The van der Waals surface area contributed by atoms with E-state index in [1.807, 2.05) is 13.8 Å². The van der Waals surface area contributed by atoms with E-state index in [4.69, 9.17) is 11.5 Å². The number of nitrogens with one attached hydrogen (secondary N) is 1. The van der Waals surface area contributed by atoms with Gasteiger partial charge in [-0.15, -0.1) is 0 Å². The highest BCUT2D eigenvalue weighted by Gasteiger charge is 2.43. The summed E-state index contributed by atoms with van der Waals surface area (Å²) < 4.78 is 0. The second kappa shape index (κ2) is 10.6. The van der Waals surface area contributed by atoms with Gasteiger partial charge in [0.1, 0.15) is 18.1 Å². The van der Waals surface area contributed by atoms with Crippen LogP contribution in [-0.2, 0) is 24.0 Å². The van der Waals surface area contributed by atoms with Gasteiger partial charge in [-0.1, -0.05) is 13.8 Å². The lowest BCUT2D eigenvalue weighted by Gasteiger charge is -2.33. The second-order valence-electron chi connectivity index (χ2n) is 8.69. The van der Waals surface area contributed by atoms with Gasteiger partial charge in [0.05, 0.1) is 12.5 Å². The van der Waals surface area contributed by atoms with Crippen molar-refractivity contribution in [2.24, 2.45) is 17.4 Å². The molecule has 0 aromatic heterocycles. The Morgan fingerprint density at radius 1 is 1.03 bits per heavy atom. The third-order valence-corrected chi connectivity index (χ3v) is 5.72. The Labute approximate surface area is 181 Å². The summed E-state index contributed by atoms with van der Waals surface area (Å²) in [6.07, 6.45) is 2.03. The van der Waals surface area contributed by atoms with Gasteiger partial charge in [-0.05, 0) is 38.0 Å². The lowest BCUT2D eigenvalue weighted by atomic mass is 10.0. The van der Waals surface area contributed by atoms with E-state index in [2.05, 4.69) is 5.32 Å². The minimum atomic E-state index is -1.17. The zero-order valence-corrected chi connectivity index (χ0v) is 18.1. The molecule has 2 fully saturated rings. The first-order valence-corrected chi connectivity index (χ1v) is 10.7. The lowest BCUT2D eigenvalue weighted by Crippen LogP contribution is -2.57. The minimum Gasteiger partial charge on any atom is -0.480 e. The molecule has 0 bridgehead atoms. The molecule has 2 aliphatic rings. The average Bonchev–Trinajstić information content (AvgIpc) is 3.34. The van der Waals surface area contributed by atoms with E-state index in [9.17, 15) is 29.1 Å². The number of carboxylic acids is 1. The van der Waals surface area contributed by atoms with E-state index < -0.39 is 47.9 Å². The summed E-state index contributed by atoms with van der Waals surface area (Å²) in [7, 11) is 0. The van der Waals surface area contributed by atoms with Crippen LogP contribution in [0.4, 0.5) is 0 Å². The monoisotopic (exact) mass is 439 g/mol. The van der Waals surface area contributed by atoms with Gasteiger partial charge < -0.3 is 31.7 Å². The zero-order valence-electron chi connectivity index (χ0n) is 18.1. The Hall–Kier alpha value is -2.69. The van der Waals surface area contributed by atoms with Gasteiger partial charge in [0.15, 0.2) is 0 Å². The van der Waals surface area contributed by atoms with Crippen molar-refractivity contribution in [2.75, 3.05) is 13.1 Å². The maximum absolute atomic E-state index is 13.3. The molecule has 0 saturated carbocycles. The first kappa shape index (κ1) is 24.6. The van der Waals surface area contributed by atoms with E-state index in [1.165, 1.54) is 9.80 Å². The van der Waals surface area contributed by atoms with Crippen LogP contribution in [0.25, 0.3) is 0 Å². The zero-order chi connectivity index (χ0) is 23.3. The second-order valence-corrected chi connectivity index (χ2v) is 8.69. The number of hydrogen-bond acceptors (Lipinski definition) is 6.